The van der Waals surface area contributed by atoms with Gasteiger partial charge in [0, 0.05) is 13.1 Å². The quantitative estimate of drug-likeness (QED) is 0.419. The number of amides is 2. The number of rotatable bonds is 8. The zero-order valence-electron chi connectivity index (χ0n) is 10.4. The van der Waals surface area contributed by atoms with Crippen molar-refractivity contribution in [3.05, 3.63) is 0 Å². The third kappa shape index (κ3) is 8.65. The average Bonchev–Trinajstić information content (AvgIpc) is 2.26. The largest absolute Gasteiger partial charge is 0.393 e. The van der Waals surface area contributed by atoms with Gasteiger partial charge in [0.1, 0.15) is 6.10 Å². The van der Waals surface area contributed by atoms with Crippen LogP contribution in [0.5, 0.6) is 0 Å². The van der Waals surface area contributed by atoms with Gasteiger partial charge in [-0.3, -0.25) is 9.59 Å². The molecule has 0 aromatic carbocycles. The fourth-order valence-electron chi connectivity index (χ4n) is 1.17. The highest BCUT2D eigenvalue weighted by atomic mass is 16.3. The second-order valence-corrected chi connectivity index (χ2v) is 3.97. The van der Waals surface area contributed by atoms with Crippen LogP contribution >= 0.6 is 0 Å². The van der Waals surface area contributed by atoms with Gasteiger partial charge in [-0.25, -0.2) is 0 Å². The van der Waals surface area contributed by atoms with Crippen LogP contribution in [0.3, 0.4) is 0 Å². The van der Waals surface area contributed by atoms with Gasteiger partial charge in [-0.2, -0.15) is 0 Å². The van der Waals surface area contributed by atoms with Gasteiger partial charge < -0.3 is 20.8 Å². The van der Waals surface area contributed by atoms with Crippen molar-refractivity contribution in [1.82, 2.24) is 10.6 Å². The van der Waals surface area contributed by atoms with Crippen molar-refractivity contribution in [2.45, 2.75) is 45.3 Å². The third-order valence-corrected chi connectivity index (χ3v) is 2.15. The monoisotopic (exact) mass is 246 g/mol. The van der Waals surface area contributed by atoms with Crippen LogP contribution in [0.4, 0.5) is 0 Å². The number of aliphatic hydroxyl groups excluding tert-OH is 2. The molecule has 6 nitrogen and oxygen atoms in total. The first kappa shape index (κ1) is 15.9. The van der Waals surface area contributed by atoms with Crippen molar-refractivity contribution in [3.63, 3.8) is 0 Å². The highest BCUT2D eigenvalue weighted by Crippen LogP contribution is 1.90. The Morgan fingerprint density at radius 3 is 2.29 bits per heavy atom. The average molecular weight is 246 g/mol. The summed E-state index contributed by atoms with van der Waals surface area (Å²) < 4.78 is 0. The molecule has 0 fully saturated rings. The minimum Gasteiger partial charge on any atom is -0.393 e. The number of aliphatic hydroxyl groups is 2. The van der Waals surface area contributed by atoms with Gasteiger partial charge >= 0.3 is 0 Å². The normalized spacial score (nSPS) is 13.9. The first-order valence-corrected chi connectivity index (χ1v) is 5.87. The Kier molecular flexibility index (Phi) is 8.35. The standard InChI is InChI=1S/C11H22N2O4/c1-3-9(15)11(17)13-6-4-5-12-10(16)7-8(2)14/h8-9,14-15H,3-7H2,1-2H3,(H,12,16)(H,13,17)/t8-,9?/m1/s1. The number of nitrogens with one attached hydrogen (secondary N) is 2. The fraction of sp³-hybridized carbons (Fsp3) is 0.818. The molecular formula is C11H22N2O4. The second-order valence-electron chi connectivity index (χ2n) is 3.97. The second kappa shape index (κ2) is 8.95. The molecule has 17 heavy (non-hydrogen) atoms. The molecule has 0 aromatic heterocycles. The lowest BCUT2D eigenvalue weighted by molar-refractivity contribution is -0.129. The van der Waals surface area contributed by atoms with Crippen molar-refractivity contribution in [3.8, 4) is 0 Å². The summed E-state index contributed by atoms with van der Waals surface area (Å²) in [6, 6.07) is 0. The van der Waals surface area contributed by atoms with Crippen LogP contribution in [0, 0.1) is 0 Å². The summed E-state index contributed by atoms with van der Waals surface area (Å²) in [5.41, 5.74) is 0. The first-order valence-electron chi connectivity index (χ1n) is 5.87. The summed E-state index contributed by atoms with van der Waals surface area (Å²) in [6.07, 6.45) is -0.541. The summed E-state index contributed by atoms with van der Waals surface area (Å²) >= 11 is 0. The molecule has 0 aliphatic rings. The Morgan fingerprint density at radius 2 is 1.76 bits per heavy atom. The molecule has 0 aliphatic carbocycles. The van der Waals surface area contributed by atoms with Gasteiger partial charge in [0.05, 0.1) is 12.5 Å². The maximum absolute atomic E-state index is 11.1. The summed E-state index contributed by atoms with van der Waals surface area (Å²) in [4.78, 5) is 22.2. The number of carbonyl (C=O) groups excluding carboxylic acids is 2. The Balaban J connectivity index is 3.46. The van der Waals surface area contributed by atoms with Crippen LogP contribution in [0.1, 0.15) is 33.1 Å². The summed E-state index contributed by atoms with van der Waals surface area (Å²) in [6.45, 7) is 4.12. The lowest BCUT2D eigenvalue weighted by Crippen LogP contribution is -2.36. The molecule has 2 atom stereocenters. The van der Waals surface area contributed by atoms with E-state index in [1.807, 2.05) is 0 Å². The van der Waals surface area contributed by atoms with E-state index in [2.05, 4.69) is 10.6 Å². The van der Waals surface area contributed by atoms with E-state index >= 15 is 0 Å². The highest BCUT2D eigenvalue weighted by molar-refractivity contribution is 5.80. The van der Waals surface area contributed by atoms with Gasteiger partial charge in [-0.15, -0.1) is 0 Å². The topological polar surface area (TPSA) is 98.7 Å². The molecule has 0 saturated heterocycles. The minimum absolute atomic E-state index is 0.0842. The Morgan fingerprint density at radius 1 is 1.18 bits per heavy atom. The fourth-order valence-corrected chi connectivity index (χ4v) is 1.17. The van der Waals surface area contributed by atoms with Crippen molar-refractivity contribution in [2.75, 3.05) is 13.1 Å². The molecule has 0 bridgehead atoms. The Hall–Kier alpha value is -1.14. The lowest BCUT2D eigenvalue weighted by Gasteiger charge is -2.10. The predicted molar refractivity (Wildman–Crippen MR) is 63.2 cm³/mol. The molecular weight excluding hydrogens is 224 g/mol. The van der Waals surface area contributed by atoms with E-state index in [4.69, 9.17) is 10.2 Å². The molecule has 0 radical (unpaired) electrons. The summed E-state index contributed by atoms with van der Waals surface area (Å²) in [5, 5.41) is 23.3. The number of hydrogen-bond acceptors (Lipinski definition) is 4. The van der Waals surface area contributed by atoms with Crippen LogP contribution in [-0.4, -0.2) is 47.3 Å². The predicted octanol–water partition coefficient (Wildman–Crippen LogP) is -0.849. The molecule has 2 amide bonds. The number of hydrogen-bond donors (Lipinski definition) is 4. The summed E-state index contributed by atoms with van der Waals surface area (Å²) in [5.74, 6) is -0.595. The van der Waals surface area contributed by atoms with Crippen molar-refractivity contribution in [2.24, 2.45) is 0 Å². The van der Waals surface area contributed by atoms with Crippen LogP contribution in [0.15, 0.2) is 0 Å². The maximum Gasteiger partial charge on any atom is 0.248 e. The molecule has 0 saturated carbocycles. The van der Waals surface area contributed by atoms with Gasteiger partial charge in [0.2, 0.25) is 11.8 Å². The van der Waals surface area contributed by atoms with E-state index in [9.17, 15) is 9.59 Å². The first-order chi connectivity index (χ1) is 7.97. The Labute approximate surface area is 101 Å². The molecule has 4 N–H and O–H groups in total. The smallest absolute Gasteiger partial charge is 0.248 e. The van der Waals surface area contributed by atoms with Crippen LogP contribution in [0.25, 0.3) is 0 Å². The highest BCUT2D eigenvalue weighted by Gasteiger charge is 2.10. The van der Waals surface area contributed by atoms with Gasteiger partial charge in [-0.1, -0.05) is 6.92 Å². The molecule has 1 unspecified atom stereocenters. The zero-order chi connectivity index (χ0) is 13.3. The Bertz CT molecular complexity index is 244. The van der Waals surface area contributed by atoms with E-state index in [0.717, 1.165) is 0 Å². The van der Waals surface area contributed by atoms with Gasteiger partial charge in [0.15, 0.2) is 0 Å². The lowest BCUT2D eigenvalue weighted by atomic mass is 10.2. The maximum atomic E-state index is 11.1. The zero-order valence-corrected chi connectivity index (χ0v) is 10.4. The molecule has 0 heterocycles. The van der Waals surface area contributed by atoms with Crippen molar-refractivity contribution in [1.29, 1.82) is 0 Å². The van der Waals surface area contributed by atoms with Gasteiger partial charge in [0.25, 0.3) is 0 Å². The molecule has 6 heteroatoms. The third-order valence-electron chi connectivity index (χ3n) is 2.15. The summed E-state index contributed by atoms with van der Waals surface area (Å²) in [7, 11) is 0. The van der Waals surface area contributed by atoms with E-state index in [0.29, 0.717) is 25.9 Å². The molecule has 0 aromatic rings. The van der Waals surface area contributed by atoms with Crippen LogP contribution in [-0.2, 0) is 9.59 Å². The van der Waals surface area contributed by atoms with Crippen LogP contribution in [0.2, 0.25) is 0 Å². The van der Waals surface area contributed by atoms with E-state index < -0.39 is 12.2 Å². The SMILES string of the molecule is CCC(O)C(=O)NCCCNC(=O)C[C@@H](C)O. The molecule has 0 aliphatic heterocycles. The van der Waals surface area contributed by atoms with Crippen molar-refractivity contribution < 1.29 is 19.8 Å². The molecule has 0 spiro atoms. The molecule has 100 valence electrons. The van der Waals surface area contributed by atoms with Gasteiger partial charge in [-0.05, 0) is 19.8 Å². The van der Waals surface area contributed by atoms with E-state index in [1.165, 1.54) is 0 Å². The minimum atomic E-state index is -0.958. The van der Waals surface area contributed by atoms with E-state index in [1.54, 1.807) is 13.8 Å². The van der Waals surface area contributed by atoms with Crippen molar-refractivity contribution >= 4 is 11.8 Å². The van der Waals surface area contributed by atoms with E-state index in [-0.39, 0.29) is 18.2 Å². The molecule has 0 rings (SSSR count). The number of carbonyl (C=O) groups is 2. The van der Waals surface area contributed by atoms with Crippen LogP contribution < -0.4 is 10.6 Å².